The first-order valence-electron chi connectivity index (χ1n) is 5.75. The summed E-state index contributed by atoms with van der Waals surface area (Å²) in [4.78, 5) is 4.09. The van der Waals surface area contributed by atoms with E-state index in [4.69, 9.17) is 9.47 Å². The zero-order valence-corrected chi connectivity index (χ0v) is 9.61. The molecule has 1 fully saturated rings. The van der Waals surface area contributed by atoms with Gasteiger partial charge in [0.25, 0.3) is 0 Å². The van der Waals surface area contributed by atoms with Gasteiger partial charge in [-0.2, -0.15) is 0 Å². The lowest BCUT2D eigenvalue weighted by molar-refractivity contribution is -0.0111. The lowest BCUT2D eigenvalue weighted by Gasteiger charge is -2.22. The van der Waals surface area contributed by atoms with Crippen molar-refractivity contribution in [2.24, 2.45) is 0 Å². The van der Waals surface area contributed by atoms with E-state index in [1.807, 2.05) is 13.1 Å². The van der Waals surface area contributed by atoms with Crippen LogP contribution in [-0.4, -0.2) is 31.3 Å². The van der Waals surface area contributed by atoms with Crippen LogP contribution in [0.3, 0.4) is 0 Å². The number of aromatic nitrogens is 1. The van der Waals surface area contributed by atoms with Gasteiger partial charge in [0.05, 0.1) is 24.2 Å². The van der Waals surface area contributed by atoms with Gasteiger partial charge >= 0.3 is 0 Å². The Morgan fingerprint density at radius 3 is 3.19 bits per heavy atom. The molecule has 1 aromatic heterocycles. The Morgan fingerprint density at radius 2 is 2.44 bits per heavy atom. The Morgan fingerprint density at radius 1 is 1.50 bits per heavy atom. The highest BCUT2D eigenvalue weighted by Gasteiger charge is 2.14. The van der Waals surface area contributed by atoms with Gasteiger partial charge in [0.2, 0.25) is 0 Å². The Balaban J connectivity index is 1.83. The Kier molecular flexibility index (Phi) is 3.99. The molecule has 1 unspecified atom stereocenters. The summed E-state index contributed by atoms with van der Waals surface area (Å²) < 4.78 is 11.3. The summed E-state index contributed by atoms with van der Waals surface area (Å²) in [6.45, 7) is 1.48. The van der Waals surface area contributed by atoms with E-state index in [9.17, 15) is 0 Å². The molecule has 88 valence electrons. The second-order valence-electron chi connectivity index (χ2n) is 3.96. The summed E-state index contributed by atoms with van der Waals surface area (Å²) >= 11 is 0. The second-order valence-corrected chi connectivity index (χ2v) is 3.96. The van der Waals surface area contributed by atoms with E-state index < -0.39 is 0 Å². The van der Waals surface area contributed by atoms with Crippen LogP contribution < -0.4 is 10.1 Å². The molecule has 1 aromatic rings. The van der Waals surface area contributed by atoms with Crippen LogP contribution in [0.25, 0.3) is 0 Å². The molecule has 1 atom stereocenters. The number of hydrogen-bond donors (Lipinski definition) is 1. The summed E-state index contributed by atoms with van der Waals surface area (Å²) in [5.41, 5.74) is 0.960. The van der Waals surface area contributed by atoms with Crippen LogP contribution in [0.2, 0.25) is 0 Å². The maximum absolute atomic E-state index is 5.66. The SMILES string of the molecule is CNc1cncc(OCC2CCCCO2)c1. The van der Waals surface area contributed by atoms with Crippen molar-refractivity contribution in [3.8, 4) is 5.75 Å². The van der Waals surface area contributed by atoms with Crippen LogP contribution in [-0.2, 0) is 4.74 Å². The first-order valence-corrected chi connectivity index (χ1v) is 5.75. The van der Waals surface area contributed by atoms with Crippen LogP contribution in [0.15, 0.2) is 18.5 Å². The topological polar surface area (TPSA) is 43.4 Å². The van der Waals surface area contributed by atoms with Crippen LogP contribution in [0.1, 0.15) is 19.3 Å². The highest BCUT2D eigenvalue weighted by Crippen LogP contribution is 2.17. The van der Waals surface area contributed by atoms with Crippen molar-refractivity contribution in [1.82, 2.24) is 4.98 Å². The number of nitrogens with one attached hydrogen (secondary N) is 1. The normalized spacial score (nSPS) is 20.4. The second kappa shape index (κ2) is 5.70. The quantitative estimate of drug-likeness (QED) is 0.847. The van der Waals surface area contributed by atoms with Crippen LogP contribution in [0.4, 0.5) is 5.69 Å². The van der Waals surface area contributed by atoms with Gasteiger partial charge in [0.1, 0.15) is 12.4 Å². The summed E-state index contributed by atoms with van der Waals surface area (Å²) in [5, 5.41) is 3.03. The maximum atomic E-state index is 5.66. The number of ether oxygens (including phenoxy) is 2. The van der Waals surface area contributed by atoms with Crippen molar-refractivity contribution in [1.29, 1.82) is 0 Å². The van der Waals surface area contributed by atoms with Gasteiger partial charge in [0, 0.05) is 19.7 Å². The van der Waals surface area contributed by atoms with Crippen LogP contribution >= 0.6 is 0 Å². The Labute approximate surface area is 96.0 Å². The summed E-state index contributed by atoms with van der Waals surface area (Å²) in [5.74, 6) is 0.793. The van der Waals surface area contributed by atoms with E-state index in [-0.39, 0.29) is 6.10 Å². The standard InChI is InChI=1S/C12H18N2O2/c1-13-10-6-12(8-14-7-10)16-9-11-4-2-3-5-15-11/h6-8,11,13H,2-5,9H2,1H3. The molecular formula is C12H18N2O2. The highest BCUT2D eigenvalue weighted by atomic mass is 16.5. The number of anilines is 1. The predicted octanol–water partition coefficient (Wildman–Crippen LogP) is 2.07. The zero-order valence-electron chi connectivity index (χ0n) is 9.61. The average Bonchev–Trinajstić information content (AvgIpc) is 2.38. The molecule has 2 heterocycles. The van der Waals surface area contributed by atoms with E-state index in [0.29, 0.717) is 6.61 Å². The number of pyridine rings is 1. The Bertz CT molecular complexity index is 325. The van der Waals surface area contributed by atoms with Crippen molar-refractivity contribution in [2.75, 3.05) is 25.6 Å². The molecule has 0 radical (unpaired) electrons. The third-order valence-corrected chi connectivity index (χ3v) is 2.71. The first-order chi connectivity index (χ1) is 7.88. The third kappa shape index (κ3) is 3.10. The largest absolute Gasteiger partial charge is 0.489 e. The van der Waals surface area contributed by atoms with E-state index in [1.165, 1.54) is 12.8 Å². The molecule has 4 nitrogen and oxygen atoms in total. The highest BCUT2D eigenvalue weighted by molar-refractivity contribution is 5.44. The van der Waals surface area contributed by atoms with Gasteiger partial charge in [-0.3, -0.25) is 4.98 Å². The monoisotopic (exact) mass is 222 g/mol. The first kappa shape index (κ1) is 11.2. The molecule has 16 heavy (non-hydrogen) atoms. The minimum absolute atomic E-state index is 0.243. The summed E-state index contributed by atoms with van der Waals surface area (Å²) in [6.07, 6.45) is 7.25. The van der Waals surface area contributed by atoms with Gasteiger partial charge in [-0.1, -0.05) is 0 Å². The number of hydrogen-bond acceptors (Lipinski definition) is 4. The lowest BCUT2D eigenvalue weighted by Crippen LogP contribution is -2.25. The molecule has 2 rings (SSSR count). The predicted molar refractivity (Wildman–Crippen MR) is 62.9 cm³/mol. The average molecular weight is 222 g/mol. The van der Waals surface area contributed by atoms with E-state index >= 15 is 0 Å². The van der Waals surface area contributed by atoms with Crippen LogP contribution in [0.5, 0.6) is 5.75 Å². The van der Waals surface area contributed by atoms with Gasteiger partial charge in [-0.05, 0) is 19.3 Å². The molecule has 0 aromatic carbocycles. The van der Waals surface area contributed by atoms with Crippen molar-refractivity contribution in [3.05, 3.63) is 18.5 Å². The van der Waals surface area contributed by atoms with Crippen molar-refractivity contribution in [3.63, 3.8) is 0 Å². The molecule has 0 saturated carbocycles. The minimum atomic E-state index is 0.243. The van der Waals surface area contributed by atoms with E-state index in [2.05, 4.69) is 10.3 Å². The fourth-order valence-corrected chi connectivity index (χ4v) is 1.76. The zero-order chi connectivity index (χ0) is 11.2. The third-order valence-electron chi connectivity index (χ3n) is 2.71. The summed E-state index contributed by atoms with van der Waals surface area (Å²) in [6, 6.07) is 1.94. The molecule has 0 bridgehead atoms. The fourth-order valence-electron chi connectivity index (χ4n) is 1.76. The Hall–Kier alpha value is -1.29. The smallest absolute Gasteiger partial charge is 0.139 e. The molecule has 0 amide bonds. The molecule has 1 N–H and O–H groups in total. The fraction of sp³-hybridized carbons (Fsp3) is 0.583. The van der Waals surface area contributed by atoms with Crippen molar-refractivity contribution in [2.45, 2.75) is 25.4 Å². The van der Waals surface area contributed by atoms with Crippen LogP contribution in [0, 0.1) is 0 Å². The van der Waals surface area contributed by atoms with Crippen molar-refractivity contribution < 1.29 is 9.47 Å². The molecular weight excluding hydrogens is 204 g/mol. The van der Waals surface area contributed by atoms with Gasteiger partial charge in [-0.15, -0.1) is 0 Å². The number of rotatable bonds is 4. The molecule has 0 spiro atoms. The van der Waals surface area contributed by atoms with Gasteiger partial charge in [0.15, 0.2) is 0 Å². The maximum Gasteiger partial charge on any atom is 0.139 e. The lowest BCUT2D eigenvalue weighted by atomic mass is 10.1. The van der Waals surface area contributed by atoms with E-state index in [0.717, 1.165) is 24.5 Å². The summed E-state index contributed by atoms with van der Waals surface area (Å²) in [7, 11) is 1.87. The van der Waals surface area contributed by atoms with E-state index in [1.54, 1.807) is 12.4 Å². The van der Waals surface area contributed by atoms with Crippen molar-refractivity contribution >= 4 is 5.69 Å². The molecule has 0 aliphatic carbocycles. The van der Waals surface area contributed by atoms with Gasteiger partial charge in [-0.25, -0.2) is 0 Å². The minimum Gasteiger partial charge on any atom is -0.489 e. The van der Waals surface area contributed by atoms with Gasteiger partial charge < -0.3 is 14.8 Å². The molecule has 4 heteroatoms. The molecule has 1 saturated heterocycles. The molecule has 1 aliphatic rings. The number of nitrogens with zero attached hydrogens (tertiary/aromatic N) is 1. The molecule has 1 aliphatic heterocycles.